The van der Waals surface area contributed by atoms with E-state index in [0.29, 0.717) is 12.8 Å². The maximum atomic E-state index is 11.4. The molecule has 0 saturated carbocycles. The lowest BCUT2D eigenvalue weighted by Gasteiger charge is -2.47. The third kappa shape index (κ3) is 4.38. The number of hydrogen-bond donors (Lipinski definition) is 2. The Morgan fingerprint density at radius 2 is 1.64 bits per heavy atom. The first kappa shape index (κ1) is 19.8. The van der Waals surface area contributed by atoms with Crippen LogP contribution in [0, 0.1) is 0 Å². The molecule has 1 rings (SSSR count). The third-order valence-corrected chi connectivity index (χ3v) is 13.2. The molecule has 7 heteroatoms. The molecule has 0 bridgehead atoms. The van der Waals surface area contributed by atoms with Crippen molar-refractivity contribution in [2.45, 2.75) is 58.1 Å². The van der Waals surface area contributed by atoms with Crippen molar-refractivity contribution in [3.05, 3.63) is 30.3 Å². The van der Waals surface area contributed by atoms with Crippen LogP contribution in [0.1, 0.15) is 26.7 Å². The van der Waals surface area contributed by atoms with Gasteiger partial charge in [-0.05, 0) is 44.2 Å². The number of hydrogen-bond acceptors (Lipinski definition) is 4. The molecule has 1 unspecified atom stereocenters. The van der Waals surface area contributed by atoms with Crippen LogP contribution in [0.5, 0.6) is 0 Å². The van der Waals surface area contributed by atoms with Crippen molar-refractivity contribution in [3.63, 3.8) is 0 Å². The molecule has 0 aliphatic heterocycles. The summed E-state index contributed by atoms with van der Waals surface area (Å²) in [5, 5.41) is 17.7. The van der Waals surface area contributed by atoms with Gasteiger partial charge in [-0.3, -0.25) is 0 Å². The van der Waals surface area contributed by atoms with Gasteiger partial charge in [0.05, 0.1) is 0 Å². The fourth-order valence-electron chi connectivity index (χ4n) is 2.70. The average molecular weight is 358 g/mol. The topological polar surface area (TPSA) is 64.7 Å². The number of rotatable bonds is 8. The van der Waals surface area contributed by atoms with Gasteiger partial charge < -0.3 is 18.7 Å². The largest absolute Gasteiger partial charge is 0.435 e. The minimum atomic E-state index is -3.07. The van der Waals surface area contributed by atoms with Crippen LogP contribution in [0.3, 0.4) is 0 Å². The van der Waals surface area contributed by atoms with Gasteiger partial charge >= 0.3 is 8.56 Å². The van der Waals surface area contributed by atoms with E-state index in [-0.39, 0.29) is 0 Å². The van der Waals surface area contributed by atoms with Crippen LogP contribution in [0.4, 0.5) is 0 Å². The Morgan fingerprint density at radius 3 is 2.00 bits per heavy atom. The molecule has 1 atom stereocenters. The highest BCUT2D eigenvalue weighted by Gasteiger charge is 2.58. The molecule has 0 fully saturated rings. The minimum Gasteiger partial charge on any atom is -0.435 e. The van der Waals surface area contributed by atoms with Crippen molar-refractivity contribution in [1.82, 2.24) is 0 Å². The van der Waals surface area contributed by atoms with E-state index in [1.165, 1.54) is 0 Å². The van der Waals surface area contributed by atoms with Crippen LogP contribution in [-0.4, -0.2) is 36.4 Å². The molecule has 0 aliphatic rings. The van der Waals surface area contributed by atoms with Gasteiger partial charge in [-0.15, -0.1) is 0 Å². The molecule has 0 amide bonds. The molecule has 0 aliphatic carbocycles. The van der Waals surface area contributed by atoms with Gasteiger partial charge in [-0.2, -0.15) is 0 Å². The van der Waals surface area contributed by atoms with E-state index in [9.17, 15) is 5.11 Å². The molecule has 22 heavy (non-hydrogen) atoms. The molecular weight excluding hydrogens is 326 g/mol. The normalized spacial score (nSPS) is 15.9. The lowest BCUT2D eigenvalue weighted by molar-refractivity contribution is 0.0710. The molecule has 1 aromatic rings. The van der Waals surface area contributed by atoms with Crippen molar-refractivity contribution in [1.29, 1.82) is 0 Å². The highest BCUT2D eigenvalue weighted by atomic mass is 28.5. The van der Waals surface area contributed by atoms with E-state index in [2.05, 4.69) is 13.1 Å². The summed E-state index contributed by atoms with van der Waals surface area (Å²) in [5.74, 6) is 0. The fourth-order valence-corrected chi connectivity index (χ4v) is 13.7. The number of aliphatic hydroxyl groups is 1. The Balaban J connectivity index is 3.56. The van der Waals surface area contributed by atoms with Gasteiger partial charge in [-0.25, -0.2) is 0 Å². The molecule has 0 saturated heterocycles. The minimum absolute atomic E-state index is 0.593. The lowest BCUT2D eigenvalue weighted by atomic mass is 10.2. The first-order valence-electron chi connectivity index (χ1n) is 8.05. The quantitative estimate of drug-likeness (QED) is 0.699. The van der Waals surface area contributed by atoms with Crippen LogP contribution in [0.15, 0.2) is 30.3 Å². The Hall–Kier alpha value is -0.289. The second-order valence-electron chi connectivity index (χ2n) is 6.59. The predicted octanol–water partition coefficient (Wildman–Crippen LogP) is 2.10. The first-order valence-corrected chi connectivity index (χ1v) is 15.6. The van der Waals surface area contributed by atoms with E-state index in [1.54, 1.807) is 0 Å². The average Bonchev–Trinajstić information content (AvgIpc) is 2.44. The van der Waals surface area contributed by atoms with E-state index in [0.717, 1.165) is 5.19 Å². The standard InChI is InChI=1S/C15H31NO3Si3/c1-7-15(17,8-2)22(18-20(3)4,19-21(5,6)16)14-12-10-9-11-13-14/h9-13,17,20H,7-8,16H2,1-6H3. The van der Waals surface area contributed by atoms with Crippen molar-refractivity contribution in [3.8, 4) is 0 Å². The first-order chi connectivity index (χ1) is 10.1. The Morgan fingerprint density at radius 1 is 1.14 bits per heavy atom. The SMILES string of the molecule is CCC(O)(CC)[Si](O[SiH](C)C)(O[Si](C)(C)N)c1ccccc1. The van der Waals surface area contributed by atoms with E-state index < -0.39 is 31.3 Å². The summed E-state index contributed by atoms with van der Waals surface area (Å²) >= 11 is 0. The van der Waals surface area contributed by atoms with Crippen molar-refractivity contribution >= 4 is 31.3 Å². The predicted molar refractivity (Wildman–Crippen MR) is 100 cm³/mol. The van der Waals surface area contributed by atoms with Crippen molar-refractivity contribution < 1.29 is 13.3 Å². The van der Waals surface area contributed by atoms with Gasteiger partial charge in [0.1, 0.15) is 5.22 Å². The van der Waals surface area contributed by atoms with Crippen molar-refractivity contribution in [2.75, 3.05) is 0 Å². The van der Waals surface area contributed by atoms with E-state index in [1.807, 2.05) is 57.3 Å². The summed E-state index contributed by atoms with van der Waals surface area (Å²) in [6.45, 7) is 12.1. The highest BCUT2D eigenvalue weighted by molar-refractivity contribution is 6.93. The zero-order chi connectivity index (χ0) is 17.0. The zero-order valence-electron chi connectivity index (χ0n) is 14.7. The van der Waals surface area contributed by atoms with Crippen LogP contribution in [-0.2, 0) is 8.23 Å². The summed E-state index contributed by atoms with van der Waals surface area (Å²) in [7, 11) is -6.89. The maximum absolute atomic E-state index is 11.4. The van der Waals surface area contributed by atoms with E-state index >= 15 is 0 Å². The molecule has 1 aromatic carbocycles. The van der Waals surface area contributed by atoms with Crippen LogP contribution in [0.2, 0.25) is 26.2 Å². The Labute approximate surface area is 138 Å². The van der Waals surface area contributed by atoms with Crippen molar-refractivity contribution in [2.24, 2.45) is 5.40 Å². The molecule has 126 valence electrons. The summed E-state index contributed by atoms with van der Waals surface area (Å²) in [6.07, 6.45) is 1.19. The van der Waals surface area contributed by atoms with Gasteiger partial charge in [0.2, 0.25) is 0 Å². The van der Waals surface area contributed by atoms with Gasteiger partial charge in [-0.1, -0.05) is 44.2 Å². The van der Waals surface area contributed by atoms with Gasteiger partial charge in [0.25, 0.3) is 8.48 Å². The Bertz CT molecular complexity index is 461. The monoisotopic (exact) mass is 357 g/mol. The smallest absolute Gasteiger partial charge is 0.385 e. The summed E-state index contributed by atoms with van der Waals surface area (Å²) in [5.41, 5.74) is 0. The molecule has 0 spiro atoms. The number of benzene rings is 1. The van der Waals surface area contributed by atoms with E-state index in [4.69, 9.17) is 13.6 Å². The molecule has 0 radical (unpaired) electrons. The second kappa shape index (κ2) is 7.52. The van der Waals surface area contributed by atoms with Crippen LogP contribution >= 0.6 is 0 Å². The van der Waals surface area contributed by atoms with Gasteiger partial charge in [0.15, 0.2) is 9.04 Å². The van der Waals surface area contributed by atoms with Crippen LogP contribution in [0.25, 0.3) is 0 Å². The lowest BCUT2D eigenvalue weighted by Crippen LogP contribution is -2.75. The summed E-state index contributed by atoms with van der Waals surface area (Å²) in [4.78, 5) is 0. The molecular formula is C15H31NO3Si3. The van der Waals surface area contributed by atoms with Crippen LogP contribution < -0.4 is 10.6 Å². The number of nitrogens with two attached hydrogens (primary N) is 1. The molecule has 0 heterocycles. The van der Waals surface area contributed by atoms with Gasteiger partial charge in [0, 0.05) is 0 Å². The zero-order valence-corrected chi connectivity index (χ0v) is 17.9. The third-order valence-electron chi connectivity index (χ3n) is 3.74. The second-order valence-corrected chi connectivity index (χ2v) is 16.4. The summed E-state index contributed by atoms with van der Waals surface area (Å²) < 4.78 is 13.0. The molecule has 3 N–H and O–H groups in total. The fraction of sp³-hybridized carbons (Fsp3) is 0.600. The summed E-state index contributed by atoms with van der Waals surface area (Å²) in [6, 6.07) is 9.95. The highest BCUT2D eigenvalue weighted by Crippen LogP contribution is 2.32. The Kier molecular flexibility index (Phi) is 6.75. The molecule has 0 aromatic heterocycles. The molecule has 4 nitrogen and oxygen atoms in total. The maximum Gasteiger partial charge on any atom is 0.385 e.